The van der Waals surface area contributed by atoms with Crippen LogP contribution in [0.2, 0.25) is 0 Å². The van der Waals surface area contributed by atoms with Crippen LogP contribution < -0.4 is 5.32 Å². The van der Waals surface area contributed by atoms with E-state index in [0.717, 1.165) is 12.8 Å². The zero-order valence-corrected chi connectivity index (χ0v) is 16.2. The third-order valence-electron chi connectivity index (χ3n) is 4.69. The zero-order valence-electron chi connectivity index (χ0n) is 15.4. The summed E-state index contributed by atoms with van der Waals surface area (Å²) in [5.41, 5.74) is 0.375. The molecule has 0 aliphatic carbocycles. The van der Waals surface area contributed by atoms with E-state index in [4.69, 9.17) is 0 Å². The van der Waals surface area contributed by atoms with E-state index in [1.54, 1.807) is 0 Å². The Balaban J connectivity index is 1.73. The summed E-state index contributed by atoms with van der Waals surface area (Å²) in [6, 6.07) is 11.3. The van der Waals surface area contributed by atoms with Gasteiger partial charge in [-0.15, -0.1) is 0 Å². The van der Waals surface area contributed by atoms with E-state index < -0.39 is 20.9 Å². The SMILES string of the molecule is C[C@@H]1CCCN(S(=O)(=O)c2ccc(NC(=O)c3cccc([N+](=O)[O-])c3)cc2)C1. The highest BCUT2D eigenvalue weighted by atomic mass is 32.2. The molecule has 0 aromatic heterocycles. The van der Waals surface area contributed by atoms with Crippen LogP contribution in [0.1, 0.15) is 30.1 Å². The van der Waals surface area contributed by atoms with Crippen molar-refractivity contribution in [2.24, 2.45) is 5.92 Å². The summed E-state index contributed by atoms with van der Waals surface area (Å²) < 4.78 is 27.0. The number of hydrogen-bond acceptors (Lipinski definition) is 5. The van der Waals surface area contributed by atoms with E-state index in [1.165, 1.54) is 52.8 Å². The number of piperidine rings is 1. The van der Waals surface area contributed by atoms with Crippen LogP contribution in [0, 0.1) is 16.0 Å². The van der Waals surface area contributed by atoms with Gasteiger partial charge in [-0.05, 0) is 49.1 Å². The van der Waals surface area contributed by atoms with E-state index in [-0.39, 0.29) is 16.1 Å². The topological polar surface area (TPSA) is 110 Å². The third kappa shape index (κ3) is 4.37. The number of sulfonamides is 1. The summed E-state index contributed by atoms with van der Waals surface area (Å²) in [6.45, 7) is 3.06. The highest BCUT2D eigenvalue weighted by Crippen LogP contribution is 2.24. The van der Waals surface area contributed by atoms with E-state index in [2.05, 4.69) is 5.32 Å². The number of anilines is 1. The molecule has 0 bridgehead atoms. The Morgan fingerprint density at radius 2 is 1.93 bits per heavy atom. The van der Waals surface area contributed by atoms with Gasteiger partial charge >= 0.3 is 0 Å². The standard InChI is InChI=1S/C19H21N3O5S/c1-14-4-3-11-21(13-14)28(26,27)18-9-7-16(8-10-18)20-19(23)15-5-2-6-17(12-15)22(24)25/h2,5-10,12,14H,3-4,11,13H2,1H3,(H,20,23)/t14-/m1/s1. The first-order chi connectivity index (χ1) is 13.3. The summed E-state index contributed by atoms with van der Waals surface area (Å²) in [6.07, 6.45) is 1.87. The second-order valence-corrected chi connectivity index (χ2v) is 8.83. The molecule has 1 N–H and O–H groups in total. The number of carbonyl (C=O) groups excluding carboxylic acids is 1. The van der Waals surface area contributed by atoms with Crippen molar-refractivity contribution in [1.82, 2.24) is 4.31 Å². The number of non-ortho nitro benzene ring substituents is 1. The average Bonchev–Trinajstić information content (AvgIpc) is 2.68. The predicted octanol–water partition coefficient (Wildman–Crippen LogP) is 3.27. The molecule has 148 valence electrons. The normalized spacial score (nSPS) is 17.8. The van der Waals surface area contributed by atoms with Crippen LogP contribution in [0.25, 0.3) is 0 Å². The molecule has 1 atom stereocenters. The fraction of sp³-hybridized carbons (Fsp3) is 0.316. The average molecular weight is 403 g/mol. The van der Waals surface area contributed by atoms with Crippen LogP contribution >= 0.6 is 0 Å². The Labute approximate surface area is 163 Å². The second kappa shape index (κ2) is 8.07. The van der Waals surface area contributed by atoms with Crippen molar-refractivity contribution in [1.29, 1.82) is 0 Å². The Morgan fingerprint density at radius 3 is 2.57 bits per heavy atom. The molecule has 1 fully saturated rings. The number of benzene rings is 2. The fourth-order valence-corrected chi connectivity index (χ4v) is 4.79. The lowest BCUT2D eigenvalue weighted by molar-refractivity contribution is -0.384. The van der Waals surface area contributed by atoms with Gasteiger partial charge in [-0.3, -0.25) is 14.9 Å². The summed E-state index contributed by atoms with van der Waals surface area (Å²) in [4.78, 5) is 22.7. The van der Waals surface area contributed by atoms with Gasteiger partial charge in [-0.1, -0.05) is 13.0 Å². The summed E-state index contributed by atoms with van der Waals surface area (Å²) >= 11 is 0. The van der Waals surface area contributed by atoms with Gasteiger partial charge in [0.1, 0.15) is 0 Å². The van der Waals surface area contributed by atoms with Crippen molar-refractivity contribution < 1.29 is 18.1 Å². The van der Waals surface area contributed by atoms with Crippen molar-refractivity contribution in [2.45, 2.75) is 24.7 Å². The number of nitrogens with one attached hydrogen (secondary N) is 1. The number of nitro benzene ring substituents is 1. The number of nitrogens with zero attached hydrogens (tertiary/aromatic N) is 2. The summed E-state index contributed by atoms with van der Waals surface area (Å²) in [5.74, 6) is -0.179. The molecule has 1 aliphatic heterocycles. The molecule has 0 spiro atoms. The van der Waals surface area contributed by atoms with Gasteiger partial charge in [0.25, 0.3) is 11.6 Å². The molecule has 0 radical (unpaired) electrons. The number of nitro groups is 1. The molecule has 2 aromatic carbocycles. The largest absolute Gasteiger partial charge is 0.322 e. The number of rotatable bonds is 5. The molecule has 1 saturated heterocycles. The van der Waals surface area contributed by atoms with E-state index in [1.807, 2.05) is 6.92 Å². The lowest BCUT2D eigenvalue weighted by Gasteiger charge is -2.30. The molecule has 1 heterocycles. The van der Waals surface area contributed by atoms with Crippen LogP contribution in [0.15, 0.2) is 53.4 Å². The number of hydrogen-bond donors (Lipinski definition) is 1. The van der Waals surface area contributed by atoms with E-state index in [0.29, 0.717) is 24.7 Å². The molecule has 3 rings (SSSR count). The highest BCUT2D eigenvalue weighted by Gasteiger charge is 2.28. The van der Waals surface area contributed by atoms with Gasteiger partial charge < -0.3 is 5.32 Å². The van der Waals surface area contributed by atoms with Crippen molar-refractivity contribution in [3.8, 4) is 0 Å². The monoisotopic (exact) mass is 403 g/mol. The lowest BCUT2D eigenvalue weighted by atomic mass is 10.0. The minimum Gasteiger partial charge on any atom is -0.322 e. The zero-order chi connectivity index (χ0) is 20.3. The molecule has 9 heteroatoms. The number of carbonyl (C=O) groups is 1. The van der Waals surface area contributed by atoms with Crippen molar-refractivity contribution in [2.75, 3.05) is 18.4 Å². The maximum absolute atomic E-state index is 12.8. The smallest absolute Gasteiger partial charge is 0.270 e. The van der Waals surface area contributed by atoms with Crippen molar-refractivity contribution >= 4 is 27.3 Å². The van der Waals surface area contributed by atoms with Crippen LogP contribution in [0.3, 0.4) is 0 Å². The minimum atomic E-state index is -3.56. The molecular formula is C19H21N3O5S. The molecule has 8 nitrogen and oxygen atoms in total. The Morgan fingerprint density at radius 1 is 1.21 bits per heavy atom. The maximum atomic E-state index is 12.8. The van der Waals surface area contributed by atoms with E-state index >= 15 is 0 Å². The summed E-state index contributed by atoms with van der Waals surface area (Å²) in [5, 5.41) is 13.4. The Kier molecular flexibility index (Phi) is 5.76. The van der Waals surface area contributed by atoms with Crippen LogP contribution in [-0.4, -0.2) is 36.6 Å². The van der Waals surface area contributed by atoms with Gasteiger partial charge in [-0.25, -0.2) is 8.42 Å². The van der Waals surface area contributed by atoms with Gasteiger partial charge in [0.15, 0.2) is 0 Å². The van der Waals surface area contributed by atoms with Gasteiger partial charge in [-0.2, -0.15) is 4.31 Å². The first-order valence-corrected chi connectivity index (χ1v) is 10.4. The Hall–Kier alpha value is -2.78. The van der Waals surface area contributed by atoms with Crippen molar-refractivity contribution in [3.63, 3.8) is 0 Å². The molecule has 0 saturated carbocycles. The van der Waals surface area contributed by atoms with Crippen molar-refractivity contribution in [3.05, 3.63) is 64.2 Å². The molecule has 1 aliphatic rings. The molecule has 1 amide bonds. The summed E-state index contributed by atoms with van der Waals surface area (Å²) in [7, 11) is -3.56. The highest BCUT2D eigenvalue weighted by molar-refractivity contribution is 7.89. The second-order valence-electron chi connectivity index (χ2n) is 6.90. The minimum absolute atomic E-state index is 0.146. The molecule has 28 heavy (non-hydrogen) atoms. The lowest BCUT2D eigenvalue weighted by Crippen LogP contribution is -2.39. The first-order valence-electron chi connectivity index (χ1n) is 8.93. The van der Waals surface area contributed by atoms with Gasteiger partial charge in [0.2, 0.25) is 10.0 Å². The van der Waals surface area contributed by atoms with Crippen LogP contribution in [-0.2, 0) is 10.0 Å². The molecule has 0 unspecified atom stereocenters. The fourth-order valence-electron chi connectivity index (χ4n) is 3.19. The Bertz CT molecular complexity index is 989. The molecular weight excluding hydrogens is 382 g/mol. The number of amides is 1. The van der Waals surface area contributed by atoms with Crippen LogP contribution in [0.5, 0.6) is 0 Å². The first kappa shape index (κ1) is 20.0. The van der Waals surface area contributed by atoms with E-state index in [9.17, 15) is 23.3 Å². The van der Waals surface area contributed by atoms with Crippen LogP contribution in [0.4, 0.5) is 11.4 Å². The third-order valence-corrected chi connectivity index (χ3v) is 6.57. The van der Waals surface area contributed by atoms with Gasteiger partial charge in [0, 0.05) is 36.5 Å². The molecule has 2 aromatic rings. The van der Waals surface area contributed by atoms with Gasteiger partial charge in [0.05, 0.1) is 9.82 Å². The maximum Gasteiger partial charge on any atom is 0.270 e. The predicted molar refractivity (Wildman–Crippen MR) is 105 cm³/mol. The quantitative estimate of drug-likeness (QED) is 0.609.